The van der Waals surface area contributed by atoms with Crippen LogP contribution < -0.4 is 4.74 Å². The smallest absolute Gasteiger partial charge is 0.312 e. The fourth-order valence-electron chi connectivity index (χ4n) is 1.88. The first-order valence-corrected chi connectivity index (χ1v) is 6.30. The van der Waals surface area contributed by atoms with Crippen LogP contribution in [0.1, 0.15) is 17.2 Å². The summed E-state index contributed by atoms with van der Waals surface area (Å²) in [6.45, 7) is 0. The normalized spacial score (nSPS) is 11.9. The Kier molecular flexibility index (Phi) is 4.53. The number of rotatable bonds is 5. The number of aromatic nitrogens is 2. The van der Waals surface area contributed by atoms with Crippen LogP contribution in [0.2, 0.25) is 5.02 Å². The van der Waals surface area contributed by atoms with Crippen LogP contribution in [0.3, 0.4) is 0 Å². The van der Waals surface area contributed by atoms with E-state index in [1.54, 1.807) is 19.2 Å². The molecule has 0 aliphatic rings. The van der Waals surface area contributed by atoms with Crippen molar-refractivity contribution in [2.24, 2.45) is 0 Å². The van der Waals surface area contributed by atoms with Crippen LogP contribution in [0.4, 0.5) is 0 Å². The van der Waals surface area contributed by atoms with Crippen LogP contribution in [-0.4, -0.2) is 28.2 Å². The van der Waals surface area contributed by atoms with Crippen molar-refractivity contribution in [2.75, 3.05) is 7.11 Å². The van der Waals surface area contributed by atoms with E-state index in [1.807, 2.05) is 12.1 Å². The molecular weight excluding hydrogens is 280 g/mol. The number of halogens is 1. The van der Waals surface area contributed by atoms with Crippen LogP contribution in [-0.2, 0) is 11.2 Å². The van der Waals surface area contributed by atoms with Gasteiger partial charge >= 0.3 is 5.97 Å². The number of ether oxygens (including phenoxy) is 1. The van der Waals surface area contributed by atoms with Gasteiger partial charge in [-0.3, -0.25) is 4.79 Å². The zero-order valence-corrected chi connectivity index (χ0v) is 11.5. The largest absolute Gasteiger partial charge is 0.497 e. The summed E-state index contributed by atoms with van der Waals surface area (Å²) in [5, 5.41) is 9.63. The average molecular weight is 293 g/mol. The molecule has 0 saturated heterocycles. The van der Waals surface area contributed by atoms with Crippen molar-refractivity contribution in [3.63, 3.8) is 0 Å². The van der Waals surface area contributed by atoms with Crippen molar-refractivity contribution in [2.45, 2.75) is 12.3 Å². The third-order valence-electron chi connectivity index (χ3n) is 2.92. The second-order valence-electron chi connectivity index (χ2n) is 4.20. The predicted octanol–water partition coefficient (Wildman–Crippen LogP) is 2.55. The minimum Gasteiger partial charge on any atom is -0.497 e. The van der Waals surface area contributed by atoms with Gasteiger partial charge in [0, 0.05) is 6.20 Å². The molecule has 20 heavy (non-hydrogen) atoms. The Morgan fingerprint density at radius 3 is 2.65 bits per heavy atom. The van der Waals surface area contributed by atoms with E-state index in [0.29, 0.717) is 12.1 Å². The summed E-state index contributed by atoms with van der Waals surface area (Å²) in [7, 11) is 1.58. The van der Waals surface area contributed by atoms with Crippen LogP contribution >= 0.6 is 11.6 Å². The van der Waals surface area contributed by atoms with Crippen molar-refractivity contribution in [3.05, 3.63) is 53.1 Å². The molecule has 0 spiro atoms. The molecule has 1 atom stereocenters. The maximum atomic E-state index is 11.4. The monoisotopic (exact) mass is 292 g/mol. The Balaban J connectivity index is 2.26. The van der Waals surface area contributed by atoms with E-state index >= 15 is 0 Å². The van der Waals surface area contributed by atoms with Gasteiger partial charge in [0.2, 0.25) is 0 Å². The maximum Gasteiger partial charge on any atom is 0.312 e. The number of hydrogen-bond acceptors (Lipinski definition) is 4. The highest BCUT2D eigenvalue weighted by Crippen LogP contribution is 2.26. The molecule has 5 nitrogen and oxygen atoms in total. The standard InChI is InChI=1S/C14H13ClN2O3/c1-20-10-4-2-9(3-5-10)6-11(14(18)19)13-12(15)7-16-8-17-13/h2-5,7-8,11H,6H2,1H3,(H,18,19). The number of methoxy groups -OCH3 is 1. The highest BCUT2D eigenvalue weighted by Gasteiger charge is 2.24. The summed E-state index contributed by atoms with van der Waals surface area (Å²) in [5.41, 5.74) is 1.19. The number of aliphatic carboxylic acids is 1. The highest BCUT2D eigenvalue weighted by atomic mass is 35.5. The van der Waals surface area contributed by atoms with E-state index in [4.69, 9.17) is 16.3 Å². The van der Waals surface area contributed by atoms with Crippen molar-refractivity contribution >= 4 is 17.6 Å². The predicted molar refractivity (Wildman–Crippen MR) is 74.1 cm³/mol. The molecule has 0 saturated carbocycles. The molecule has 6 heteroatoms. The first kappa shape index (κ1) is 14.3. The first-order chi connectivity index (χ1) is 9.61. The molecule has 2 aromatic rings. The van der Waals surface area contributed by atoms with E-state index in [-0.39, 0.29) is 5.02 Å². The summed E-state index contributed by atoms with van der Waals surface area (Å²) in [4.78, 5) is 19.2. The van der Waals surface area contributed by atoms with Crippen molar-refractivity contribution in [1.29, 1.82) is 0 Å². The summed E-state index contributed by atoms with van der Waals surface area (Å²) in [6.07, 6.45) is 3.00. The lowest BCUT2D eigenvalue weighted by Gasteiger charge is -2.13. The van der Waals surface area contributed by atoms with Crippen LogP contribution in [0.5, 0.6) is 5.75 Å². The summed E-state index contributed by atoms with van der Waals surface area (Å²) in [5.74, 6) is -1.05. The van der Waals surface area contributed by atoms with Gasteiger partial charge in [-0.25, -0.2) is 9.97 Å². The fourth-order valence-corrected chi connectivity index (χ4v) is 2.11. The first-order valence-electron chi connectivity index (χ1n) is 5.93. The molecule has 0 amide bonds. The Hall–Kier alpha value is -2.14. The lowest BCUT2D eigenvalue weighted by atomic mass is 9.96. The molecule has 2 rings (SSSR count). The van der Waals surface area contributed by atoms with Gasteiger partial charge in [-0.1, -0.05) is 23.7 Å². The van der Waals surface area contributed by atoms with Crippen LogP contribution in [0.15, 0.2) is 36.8 Å². The molecular formula is C14H13ClN2O3. The highest BCUT2D eigenvalue weighted by molar-refractivity contribution is 6.31. The number of carboxylic acids is 1. The Bertz CT molecular complexity index is 602. The van der Waals surface area contributed by atoms with Crippen molar-refractivity contribution in [1.82, 2.24) is 9.97 Å². The number of benzene rings is 1. The summed E-state index contributed by atoms with van der Waals surface area (Å²) >= 11 is 5.97. The maximum absolute atomic E-state index is 11.4. The van der Waals surface area contributed by atoms with Gasteiger partial charge in [0.1, 0.15) is 18.0 Å². The molecule has 0 bridgehead atoms. The molecule has 1 aromatic carbocycles. The topological polar surface area (TPSA) is 72.3 Å². The van der Waals surface area contributed by atoms with Crippen molar-refractivity contribution < 1.29 is 14.6 Å². The molecule has 0 fully saturated rings. The van der Waals surface area contributed by atoms with E-state index in [1.165, 1.54) is 12.5 Å². The number of carbonyl (C=O) groups is 1. The lowest BCUT2D eigenvalue weighted by Crippen LogP contribution is -2.16. The third kappa shape index (κ3) is 3.24. The minimum absolute atomic E-state index is 0.258. The fraction of sp³-hybridized carbons (Fsp3) is 0.214. The lowest BCUT2D eigenvalue weighted by molar-refractivity contribution is -0.138. The Labute approximate surface area is 121 Å². The molecule has 1 N–H and O–H groups in total. The zero-order valence-electron chi connectivity index (χ0n) is 10.8. The molecule has 0 aliphatic carbocycles. The van der Waals surface area contributed by atoms with E-state index in [9.17, 15) is 9.90 Å². The summed E-state index contributed by atoms with van der Waals surface area (Å²) in [6, 6.07) is 7.22. The molecule has 1 aromatic heterocycles. The van der Waals surface area contributed by atoms with Gasteiger partial charge in [-0.15, -0.1) is 0 Å². The van der Waals surface area contributed by atoms with Crippen molar-refractivity contribution in [3.8, 4) is 5.75 Å². The Morgan fingerprint density at radius 2 is 2.10 bits per heavy atom. The quantitative estimate of drug-likeness (QED) is 0.917. The third-order valence-corrected chi connectivity index (χ3v) is 3.21. The van der Waals surface area contributed by atoms with Gasteiger partial charge in [0.05, 0.1) is 17.8 Å². The number of nitrogens with zero attached hydrogens (tertiary/aromatic N) is 2. The molecule has 104 valence electrons. The molecule has 1 unspecified atom stereocenters. The van der Waals surface area contributed by atoms with Crippen LogP contribution in [0.25, 0.3) is 0 Å². The van der Waals surface area contributed by atoms with Gasteiger partial charge in [0.15, 0.2) is 0 Å². The van der Waals surface area contributed by atoms with Gasteiger partial charge < -0.3 is 9.84 Å². The second-order valence-corrected chi connectivity index (χ2v) is 4.61. The van der Waals surface area contributed by atoms with E-state index in [0.717, 1.165) is 11.3 Å². The summed E-state index contributed by atoms with van der Waals surface area (Å²) < 4.78 is 5.07. The number of hydrogen-bond donors (Lipinski definition) is 1. The average Bonchev–Trinajstić information content (AvgIpc) is 2.46. The SMILES string of the molecule is COc1ccc(CC(C(=O)O)c2ncncc2Cl)cc1. The molecule has 1 heterocycles. The Morgan fingerprint density at radius 1 is 1.40 bits per heavy atom. The van der Waals surface area contributed by atoms with E-state index in [2.05, 4.69) is 9.97 Å². The minimum atomic E-state index is -0.971. The zero-order chi connectivity index (χ0) is 14.5. The van der Waals surface area contributed by atoms with E-state index < -0.39 is 11.9 Å². The second kappa shape index (κ2) is 6.34. The van der Waals surface area contributed by atoms with Gasteiger partial charge in [0.25, 0.3) is 0 Å². The van der Waals surface area contributed by atoms with Gasteiger partial charge in [-0.2, -0.15) is 0 Å². The van der Waals surface area contributed by atoms with Gasteiger partial charge in [-0.05, 0) is 24.1 Å². The number of carboxylic acid groups (broad SMARTS) is 1. The molecule has 0 radical (unpaired) electrons. The van der Waals surface area contributed by atoms with Crippen LogP contribution in [0, 0.1) is 0 Å². The molecule has 0 aliphatic heterocycles.